The topological polar surface area (TPSA) is 93.2 Å². The Morgan fingerprint density at radius 1 is 0.892 bits per heavy atom. The quantitative estimate of drug-likeness (QED) is 0.286. The summed E-state index contributed by atoms with van der Waals surface area (Å²) in [5.74, 6) is -0.707. The van der Waals surface area contributed by atoms with Gasteiger partial charge in [-0.3, -0.25) is 9.78 Å². The standard InChI is InChI=1S/C30H30N4O3/c1-2-37-30(36)22-14-16-25(32-23-11-7-4-8-12-23)27(18-22)34-29(35)21-13-15-24-26(17-21)31-19-28(33-24)20-9-5-3-6-10-20/h3,5-6,9-10,13-19,23,32H,2,4,7-8,11-12H2,1H3,(H,34,35). The summed E-state index contributed by atoms with van der Waals surface area (Å²) >= 11 is 0. The number of carbonyl (C=O) groups is 2. The van der Waals surface area contributed by atoms with Gasteiger partial charge < -0.3 is 15.4 Å². The van der Waals surface area contributed by atoms with E-state index in [1.807, 2.05) is 36.4 Å². The highest BCUT2D eigenvalue weighted by Crippen LogP contribution is 2.29. The molecule has 1 amide bonds. The summed E-state index contributed by atoms with van der Waals surface area (Å²) < 4.78 is 5.16. The molecule has 1 saturated carbocycles. The first kappa shape index (κ1) is 24.4. The lowest BCUT2D eigenvalue weighted by molar-refractivity contribution is 0.0526. The molecule has 0 spiro atoms. The molecule has 4 aromatic rings. The zero-order chi connectivity index (χ0) is 25.6. The molecule has 37 heavy (non-hydrogen) atoms. The lowest BCUT2D eigenvalue weighted by atomic mass is 9.95. The number of hydrogen-bond donors (Lipinski definition) is 2. The number of esters is 1. The molecule has 1 aliphatic rings. The molecule has 1 aliphatic carbocycles. The summed E-state index contributed by atoms with van der Waals surface area (Å²) in [6, 6.07) is 20.7. The third kappa shape index (κ3) is 5.77. The molecule has 0 aliphatic heterocycles. The van der Waals surface area contributed by atoms with Gasteiger partial charge in [0.1, 0.15) is 0 Å². The second-order valence-electron chi connectivity index (χ2n) is 9.24. The summed E-state index contributed by atoms with van der Waals surface area (Å²) in [6.45, 7) is 2.05. The number of ether oxygens (including phenoxy) is 1. The number of nitrogens with zero attached hydrogens (tertiary/aromatic N) is 2. The van der Waals surface area contributed by atoms with Gasteiger partial charge in [0.05, 0.1) is 46.5 Å². The molecule has 0 atom stereocenters. The van der Waals surface area contributed by atoms with Crippen molar-refractivity contribution in [3.63, 3.8) is 0 Å². The summed E-state index contributed by atoms with van der Waals surface area (Å²) in [7, 11) is 0. The van der Waals surface area contributed by atoms with Crippen molar-refractivity contribution in [2.75, 3.05) is 17.2 Å². The van der Waals surface area contributed by atoms with Gasteiger partial charge >= 0.3 is 5.97 Å². The van der Waals surface area contributed by atoms with Gasteiger partial charge in [0.25, 0.3) is 5.91 Å². The van der Waals surface area contributed by atoms with Crippen LogP contribution in [-0.4, -0.2) is 34.5 Å². The number of nitrogens with one attached hydrogen (secondary N) is 2. The van der Waals surface area contributed by atoms with Crippen LogP contribution in [-0.2, 0) is 4.74 Å². The normalized spacial score (nSPS) is 13.8. The number of hydrogen-bond acceptors (Lipinski definition) is 6. The number of rotatable bonds is 7. The third-order valence-electron chi connectivity index (χ3n) is 6.62. The summed E-state index contributed by atoms with van der Waals surface area (Å²) in [4.78, 5) is 34.9. The Bertz CT molecular complexity index is 1420. The Labute approximate surface area is 216 Å². The third-order valence-corrected chi connectivity index (χ3v) is 6.62. The highest BCUT2D eigenvalue weighted by atomic mass is 16.5. The van der Waals surface area contributed by atoms with E-state index >= 15 is 0 Å². The molecule has 0 saturated heterocycles. The van der Waals surface area contributed by atoms with Crippen molar-refractivity contribution in [3.8, 4) is 11.3 Å². The molecule has 2 N–H and O–H groups in total. The van der Waals surface area contributed by atoms with E-state index in [4.69, 9.17) is 9.72 Å². The molecule has 188 valence electrons. The zero-order valence-electron chi connectivity index (χ0n) is 20.9. The minimum absolute atomic E-state index is 0.284. The number of fused-ring (bicyclic) bond motifs is 1. The molecule has 0 bridgehead atoms. The van der Waals surface area contributed by atoms with Crippen molar-refractivity contribution in [1.29, 1.82) is 0 Å². The molecule has 1 heterocycles. The molecule has 7 heteroatoms. The first-order chi connectivity index (χ1) is 18.1. The van der Waals surface area contributed by atoms with E-state index in [1.165, 1.54) is 19.3 Å². The maximum Gasteiger partial charge on any atom is 0.338 e. The average Bonchev–Trinajstić information content (AvgIpc) is 2.94. The molecule has 5 rings (SSSR count). The molecule has 1 aromatic heterocycles. The van der Waals surface area contributed by atoms with Gasteiger partial charge in [-0.2, -0.15) is 0 Å². The number of benzene rings is 3. The van der Waals surface area contributed by atoms with Crippen molar-refractivity contribution in [2.45, 2.75) is 45.1 Å². The van der Waals surface area contributed by atoms with Crippen LogP contribution in [0.2, 0.25) is 0 Å². The largest absolute Gasteiger partial charge is 0.462 e. The van der Waals surface area contributed by atoms with Gasteiger partial charge in [-0.15, -0.1) is 0 Å². The van der Waals surface area contributed by atoms with Crippen molar-refractivity contribution in [1.82, 2.24) is 9.97 Å². The smallest absolute Gasteiger partial charge is 0.338 e. The second-order valence-corrected chi connectivity index (χ2v) is 9.24. The van der Waals surface area contributed by atoms with Gasteiger partial charge in [0.2, 0.25) is 0 Å². The van der Waals surface area contributed by atoms with Crippen LogP contribution < -0.4 is 10.6 Å². The highest BCUT2D eigenvalue weighted by molar-refractivity contribution is 6.08. The van der Waals surface area contributed by atoms with E-state index in [0.29, 0.717) is 33.9 Å². The van der Waals surface area contributed by atoms with Gasteiger partial charge in [-0.1, -0.05) is 49.6 Å². The van der Waals surface area contributed by atoms with E-state index in [2.05, 4.69) is 15.6 Å². The molecule has 1 fully saturated rings. The Morgan fingerprint density at radius 2 is 1.68 bits per heavy atom. The van der Waals surface area contributed by atoms with Crippen LogP contribution in [0.25, 0.3) is 22.3 Å². The van der Waals surface area contributed by atoms with Crippen molar-refractivity contribution >= 4 is 34.3 Å². The Hall–Kier alpha value is -4.26. The molecule has 0 unspecified atom stereocenters. The van der Waals surface area contributed by atoms with Gasteiger partial charge in [-0.05, 0) is 56.2 Å². The van der Waals surface area contributed by atoms with Crippen LogP contribution in [0.4, 0.5) is 11.4 Å². The predicted octanol–water partition coefficient (Wildman–Crippen LogP) is 6.47. The average molecular weight is 495 g/mol. The second kappa shape index (κ2) is 11.2. The Kier molecular flexibility index (Phi) is 7.40. The lowest BCUT2D eigenvalue weighted by Crippen LogP contribution is -2.23. The minimum atomic E-state index is -0.419. The Balaban J connectivity index is 1.40. The van der Waals surface area contributed by atoms with Gasteiger partial charge in [0, 0.05) is 17.2 Å². The van der Waals surface area contributed by atoms with E-state index < -0.39 is 5.97 Å². The first-order valence-corrected chi connectivity index (χ1v) is 12.8. The van der Waals surface area contributed by atoms with Crippen LogP contribution in [0.1, 0.15) is 59.7 Å². The van der Waals surface area contributed by atoms with Crippen molar-refractivity contribution < 1.29 is 14.3 Å². The van der Waals surface area contributed by atoms with Crippen LogP contribution in [0.5, 0.6) is 0 Å². The highest BCUT2D eigenvalue weighted by Gasteiger charge is 2.18. The number of carbonyl (C=O) groups excluding carboxylic acids is 2. The van der Waals surface area contributed by atoms with Gasteiger partial charge in [-0.25, -0.2) is 9.78 Å². The van der Waals surface area contributed by atoms with Crippen LogP contribution >= 0.6 is 0 Å². The number of anilines is 2. The van der Waals surface area contributed by atoms with E-state index in [-0.39, 0.29) is 12.5 Å². The predicted molar refractivity (Wildman–Crippen MR) is 146 cm³/mol. The lowest BCUT2D eigenvalue weighted by Gasteiger charge is -2.25. The maximum absolute atomic E-state index is 13.3. The van der Waals surface area contributed by atoms with E-state index in [0.717, 1.165) is 29.8 Å². The van der Waals surface area contributed by atoms with Crippen LogP contribution in [0.3, 0.4) is 0 Å². The monoisotopic (exact) mass is 494 g/mol. The van der Waals surface area contributed by atoms with Crippen LogP contribution in [0.15, 0.2) is 72.9 Å². The van der Waals surface area contributed by atoms with Gasteiger partial charge in [0.15, 0.2) is 0 Å². The number of amides is 1. The SMILES string of the molecule is CCOC(=O)c1ccc(NC2CCCCC2)c(NC(=O)c2ccc3nc(-c4ccccc4)cnc3c2)c1. The summed E-state index contributed by atoms with van der Waals surface area (Å²) in [5.41, 5.74) is 5.30. The first-order valence-electron chi connectivity index (χ1n) is 12.8. The Morgan fingerprint density at radius 3 is 2.46 bits per heavy atom. The van der Waals surface area contributed by atoms with Crippen molar-refractivity contribution in [3.05, 3.63) is 84.1 Å². The molecular weight excluding hydrogens is 464 g/mol. The van der Waals surface area contributed by atoms with E-state index in [9.17, 15) is 9.59 Å². The minimum Gasteiger partial charge on any atom is -0.462 e. The van der Waals surface area contributed by atoms with Crippen molar-refractivity contribution in [2.24, 2.45) is 0 Å². The van der Waals surface area contributed by atoms with E-state index in [1.54, 1.807) is 43.5 Å². The molecule has 0 radical (unpaired) electrons. The summed E-state index contributed by atoms with van der Waals surface area (Å²) in [5, 5.41) is 6.56. The number of aromatic nitrogens is 2. The summed E-state index contributed by atoms with van der Waals surface area (Å²) in [6.07, 6.45) is 7.51. The fourth-order valence-electron chi connectivity index (χ4n) is 4.68. The van der Waals surface area contributed by atoms with Crippen LogP contribution in [0, 0.1) is 0 Å². The fraction of sp³-hybridized carbons (Fsp3) is 0.267. The fourth-order valence-corrected chi connectivity index (χ4v) is 4.68. The molecule has 7 nitrogen and oxygen atoms in total. The maximum atomic E-state index is 13.3. The molecular formula is C30H30N4O3. The molecule has 3 aromatic carbocycles. The zero-order valence-corrected chi connectivity index (χ0v) is 20.9.